The minimum atomic E-state index is -0.968. The van der Waals surface area contributed by atoms with E-state index in [0.717, 1.165) is 0 Å². The maximum Gasteiger partial charge on any atom is 0.307 e. The number of carbonyl (C=O) groups is 1. The van der Waals surface area contributed by atoms with Crippen molar-refractivity contribution in [3.05, 3.63) is 23.8 Å². The molecule has 0 heterocycles. The Labute approximate surface area is 75.1 Å². The van der Waals surface area contributed by atoms with E-state index in [-0.39, 0.29) is 12.2 Å². The fraction of sp³-hybridized carbons (Fsp3) is 0.125. The Hall–Kier alpha value is -1.16. The second kappa shape index (κ2) is 3.49. The zero-order valence-electron chi connectivity index (χ0n) is 6.19. The maximum absolute atomic E-state index is 10.3. The van der Waals surface area contributed by atoms with Gasteiger partial charge in [-0.3, -0.25) is 4.79 Å². The van der Waals surface area contributed by atoms with E-state index >= 15 is 0 Å². The van der Waals surface area contributed by atoms with Crippen LogP contribution < -0.4 is 0 Å². The molecule has 0 saturated carbocycles. The van der Waals surface area contributed by atoms with E-state index in [0.29, 0.717) is 10.5 Å². The van der Waals surface area contributed by atoms with Crippen LogP contribution in [-0.4, -0.2) is 16.2 Å². The highest BCUT2D eigenvalue weighted by molar-refractivity contribution is 7.80. The van der Waals surface area contributed by atoms with Crippen molar-refractivity contribution in [3.8, 4) is 5.75 Å². The fourth-order valence-electron chi connectivity index (χ4n) is 0.876. The first-order valence-corrected chi connectivity index (χ1v) is 3.77. The summed E-state index contributed by atoms with van der Waals surface area (Å²) in [6.45, 7) is 0. The van der Waals surface area contributed by atoms with Gasteiger partial charge in [0, 0.05) is 10.5 Å². The van der Waals surface area contributed by atoms with Gasteiger partial charge < -0.3 is 10.2 Å². The summed E-state index contributed by atoms with van der Waals surface area (Å²) in [5, 5.41) is 17.6. The van der Waals surface area contributed by atoms with Crippen molar-refractivity contribution in [3.63, 3.8) is 0 Å². The predicted molar refractivity (Wildman–Crippen MR) is 46.7 cm³/mol. The normalized spacial score (nSPS) is 9.75. The van der Waals surface area contributed by atoms with E-state index in [9.17, 15) is 9.90 Å². The molecule has 0 aromatic heterocycles. The van der Waals surface area contributed by atoms with Gasteiger partial charge in [0.1, 0.15) is 5.75 Å². The Morgan fingerprint density at radius 1 is 1.50 bits per heavy atom. The van der Waals surface area contributed by atoms with Gasteiger partial charge in [0.25, 0.3) is 0 Å². The SMILES string of the molecule is O=C(O)Cc1cc(S)ccc1O. The molecule has 12 heavy (non-hydrogen) atoms. The van der Waals surface area contributed by atoms with Crippen LogP contribution in [0, 0.1) is 0 Å². The Morgan fingerprint density at radius 3 is 2.75 bits per heavy atom. The van der Waals surface area contributed by atoms with Crippen molar-refractivity contribution >= 4 is 18.6 Å². The summed E-state index contributed by atoms with van der Waals surface area (Å²) in [5.74, 6) is -0.973. The third kappa shape index (κ3) is 2.17. The number of benzene rings is 1. The van der Waals surface area contributed by atoms with Crippen molar-refractivity contribution < 1.29 is 15.0 Å². The average Bonchev–Trinajstić information content (AvgIpc) is 1.96. The number of hydrogen-bond acceptors (Lipinski definition) is 3. The van der Waals surface area contributed by atoms with E-state index in [2.05, 4.69) is 12.6 Å². The monoisotopic (exact) mass is 184 g/mol. The molecule has 0 bridgehead atoms. The lowest BCUT2D eigenvalue weighted by molar-refractivity contribution is -0.136. The topological polar surface area (TPSA) is 57.5 Å². The molecule has 0 spiro atoms. The number of carboxylic acids is 1. The molecule has 0 atom stereocenters. The number of rotatable bonds is 2. The fourth-order valence-corrected chi connectivity index (χ4v) is 1.11. The lowest BCUT2D eigenvalue weighted by Crippen LogP contribution is -2.00. The van der Waals surface area contributed by atoms with Crippen LogP contribution in [0.25, 0.3) is 0 Å². The molecule has 0 saturated heterocycles. The smallest absolute Gasteiger partial charge is 0.307 e. The number of hydrogen-bond donors (Lipinski definition) is 3. The Kier molecular flexibility index (Phi) is 2.60. The largest absolute Gasteiger partial charge is 0.508 e. The summed E-state index contributed by atoms with van der Waals surface area (Å²) in [7, 11) is 0. The number of thiol groups is 1. The molecule has 64 valence electrons. The zero-order valence-corrected chi connectivity index (χ0v) is 7.08. The molecule has 0 aliphatic rings. The van der Waals surface area contributed by atoms with Gasteiger partial charge in [-0.1, -0.05) is 0 Å². The molecule has 0 unspecified atom stereocenters. The van der Waals surface area contributed by atoms with Crippen molar-refractivity contribution in [2.45, 2.75) is 11.3 Å². The third-order valence-corrected chi connectivity index (χ3v) is 1.68. The minimum Gasteiger partial charge on any atom is -0.508 e. The van der Waals surface area contributed by atoms with Crippen molar-refractivity contribution in [1.29, 1.82) is 0 Å². The molecular formula is C8H8O3S. The van der Waals surface area contributed by atoms with Gasteiger partial charge in [0.15, 0.2) is 0 Å². The van der Waals surface area contributed by atoms with Crippen LogP contribution in [0.2, 0.25) is 0 Å². The lowest BCUT2D eigenvalue weighted by atomic mass is 10.1. The number of aromatic hydroxyl groups is 1. The second-order valence-corrected chi connectivity index (χ2v) is 2.90. The summed E-state index contributed by atoms with van der Waals surface area (Å²) >= 11 is 4.02. The predicted octanol–water partition coefficient (Wildman–Crippen LogP) is 1.31. The summed E-state index contributed by atoms with van der Waals surface area (Å²) in [6, 6.07) is 4.57. The van der Waals surface area contributed by atoms with Gasteiger partial charge >= 0.3 is 5.97 Å². The van der Waals surface area contributed by atoms with E-state index in [1.165, 1.54) is 12.1 Å². The van der Waals surface area contributed by atoms with E-state index in [1.807, 2.05) is 0 Å². The van der Waals surface area contributed by atoms with Gasteiger partial charge in [0.2, 0.25) is 0 Å². The molecular weight excluding hydrogens is 176 g/mol. The Bertz CT molecular complexity index is 309. The summed E-state index contributed by atoms with van der Waals surface area (Å²) in [4.78, 5) is 10.9. The molecule has 2 N–H and O–H groups in total. The maximum atomic E-state index is 10.3. The van der Waals surface area contributed by atoms with Crippen LogP contribution in [0.3, 0.4) is 0 Å². The molecule has 3 nitrogen and oxygen atoms in total. The van der Waals surface area contributed by atoms with Crippen LogP contribution in [0.15, 0.2) is 23.1 Å². The Morgan fingerprint density at radius 2 is 2.17 bits per heavy atom. The first-order valence-electron chi connectivity index (χ1n) is 3.32. The van der Waals surface area contributed by atoms with E-state index in [4.69, 9.17) is 5.11 Å². The first kappa shape index (κ1) is 8.93. The van der Waals surface area contributed by atoms with Gasteiger partial charge in [0.05, 0.1) is 6.42 Å². The molecule has 1 rings (SSSR count). The minimum absolute atomic E-state index is 0.00444. The molecule has 0 aliphatic carbocycles. The Balaban J connectivity index is 2.97. The second-order valence-electron chi connectivity index (χ2n) is 2.38. The van der Waals surface area contributed by atoms with Gasteiger partial charge in [-0.25, -0.2) is 0 Å². The number of aliphatic carboxylic acids is 1. The van der Waals surface area contributed by atoms with Crippen LogP contribution >= 0.6 is 12.6 Å². The van der Waals surface area contributed by atoms with Gasteiger partial charge in [-0.2, -0.15) is 0 Å². The van der Waals surface area contributed by atoms with Crippen LogP contribution in [0.4, 0.5) is 0 Å². The third-order valence-electron chi connectivity index (χ3n) is 1.40. The molecule has 1 aromatic rings. The molecule has 0 fully saturated rings. The lowest BCUT2D eigenvalue weighted by Gasteiger charge is -2.01. The quantitative estimate of drug-likeness (QED) is 0.607. The summed E-state index contributed by atoms with van der Waals surface area (Å²) in [6.07, 6.45) is -0.180. The van der Waals surface area contributed by atoms with Gasteiger partial charge in [-0.05, 0) is 18.2 Å². The van der Waals surface area contributed by atoms with Crippen LogP contribution in [-0.2, 0) is 11.2 Å². The highest BCUT2D eigenvalue weighted by Gasteiger charge is 2.05. The molecule has 0 radical (unpaired) electrons. The van der Waals surface area contributed by atoms with Crippen molar-refractivity contribution in [2.75, 3.05) is 0 Å². The van der Waals surface area contributed by atoms with Crippen molar-refractivity contribution in [1.82, 2.24) is 0 Å². The summed E-state index contributed by atoms with van der Waals surface area (Å²) < 4.78 is 0. The summed E-state index contributed by atoms with van der Waals surface area (Å²) in [5.41, 5.74) is 0.384. The molecule has 0 amide bonds. The van der Waals surface area contributed by atoms with Crippen LogP contribution in [0.5, 0.6) is 5.75 Å². The number of carboxylic acid groups (broad SMARTS) is 1. The van der Waals surface area contributed by atoms with Gasteiger partial charge in [-0.15, -0.1) is 12.6 Å². The molecule has 0 aliphatic heterocycles. The zero-order chi connectivity index (χ0) is 9.14. The number of phenolic OH excluding ortho intramolecular Hbond substituents is 1. The molecule has 1 aromatic carbocycles. The van der Waals surface area contributed by atoms with Crippen molar-refractivity contribution in [2.24, 2.45) is 0 Å². The molecule has 4 heteroatoms. The standard InChI is InChI=1S/C8H8O3S/c9-7-2-1-6(12)3-5(7)4-8(10)11/h1-3,9,12H,4H2,(H,10,11). The first-order chi connectivity index (χ1) is 5.59. The van der Waals surface area contributed by atoms with E-state index in [1.54, 1.807) is 6.07 Å². The highest BCUT2D eigenvalue weighted by atomic mass is 32.1. The average molecular weight is 184 g/mol. The van der Waals surface area contributed by atoms with E-state index < -0.39 is 5.97 Å². The highest BCUT2D eigenvalue weighted by Crippen LogP contribution is 2.20. The number of phenols is 1. The van der Waals surface area contributed by atoms with Crippen LogP contribution in [0.1, 0.15) is 5.56 Å².